The Morgan fingerprint density at radius 3 is 3.06 bits per heavy atom. The van der Waals surface area contributed by atoms with E-state index in [9.17, 15) is 10.1 Å². The fraction of sp³-hybridized carbons (Fsp3) is 0.273. The van der Waals surface area contributed by atoms with Gasteiger partial charge in [-0.1, -0.05) is 13.0 Å². The van der Waals surface area contributed by atoms with E-state index in [1.54, 1.807) is 16.8 Å². The van der Waals surface area contributed by atoms with Crippen LogP contribution in [0.1, 0.15) is 12.7 Å². The van der Waals surface area contributed by atoms with Gasteiger partial charge in [0.2, 0.25) is 0 Å². The van der Waals surface area contributed by atoms with Crippen LogP contribution >= 0.6 is 0 Å². The summed E-state index contributed by atoms with van der Waals surface area (Å²) in [6, 6.07) is 6.32. The van der Waals surface area contributed by atoms with Crippen molar-refractivity contribution in [2.24, 2.45) is 0 Å². The molecule has 0 saturated heterocycles. The molecule has 18 heavy (non-hydrogen) atoms. The summed E-state index contributed by atoms with van der Waals surface area (Å²) >= 11 is 0. The van der Waals surface area contributed by atoms with Crippen LogP contribution in [-0.4, -0.2) is 26.2 Å². The first-order valence-corrected chi connectivity index (χ1v) is 5.57. The van der Waals surface area contributed by atoms with Crippen LogP contribution in [0, 0.1) is 10.1 Å². The lowest BCUT2D eigenvalue weighted by Gasteiger charge is -2.05. The monoisotopic (exact) mass is 247 g/mol. The molecule has 0 aliphatic carbocycles. The minimum Gasteiger partial charge on any atom is -0.310 e. The van der Waals surface area contributed by atoms with Crippen molar-refractivity contribution in [3.05, 3.63) is 46.5 Å². The Hall–Kier alpha value is -2.28. The first-order chi connectivity index (χ1) is 8.72. The zero-order valence-electron chi connectivity index (χ0n) is 9.91. The smallest absolute Gasteiger partial charge is 0.271 e. The molecule has 0 aliphatic rings. The van der Waals surface area contributed by atoms with Crippen LogP contribution in [0.4, 0.5) is 5.69 Å². The summed E-state index contributed by atoms with van der Waals surface area (Å²) in [6.07, 6.45) is 1.44. The molecule has 0 amide bonds. The Bertz CT molecular complexity index is 552. The highest BCUT2D eigenvalue weighted by Gasteiger charge is 2.10. The molecule has 0 radical (unpaired) electrons. The molecule has 1 heterocycles. The summed E-state index contributed by atoms with van der Waals surface area (Å²) in [7, 11) is 0. The molecule has 0 unspecified atom stereocenters. The van der Waals surface area contributed by atoms with Gasteiger partial charge in [0.25, 0.3) is 5.69 Å². The molecule has 0 aliphatic heterocycles. The predicted octanol–water partition coefficient (Wildman–Crippen LogP) is 1.28. The second kappa shape index (κ2) is 5.37. The zero-order valence-corrected chi connectivity index (χ0v) is 9.91. The molecule has 7 nitrogen and oxygen atoms in total. The minimum atomic E-state index is -0.426. The molecule has 0 atom stereocenters. The van der Waals surface area contributed by atoms with Crippen molar-refractivity contribution in [1.82, 2.24) is 20.1 Å². The summed E-state index contributed by atoms with van der Waals surface area (Å²) in [5, 5.41) is 18.0. The first-order valence-electron chi connectivity index (χ1n) is 5.57. The van der Waals surface area contributed by atoms with Gasteiger partial charge in [0, 0.05) is 12.1 Å². The maximum absolute atomic E-state index is 10.7. The number of hydrogen-bond donors (Lipinski definition) is 1. The lowest BCUT2D eigenvalue weighted by atomic mass is 10.3. The molecule has 7 heteroatoms. The van der Waals surface area contributed by atoms with Crippen LogP contribution < -0.4 is 5.32 Å². The number of nitrogens with one attached hydrogen (secondary N) is 1. The largest absolute Gasteiger partial charge is 0.310 e. The molecule has 1 aromatic carbocycles. The molecule has 1 N–H and O–H groups in total. The summed E-state index contributed by atoms with van der Waals surface area (Å²) in [4.78, 5) is 14.4. The average Bonchev–Trinajstić information content (AvgIpc) is 2.84. The highest BCUT2D eigenvalue weighted by molar-refractivity contribution is 5.42. The van der Waals surface area contributed by atoms with Gasteiger partial charge in [-0.25, -0.2) is 9.67 Å². The third-order valence-corrected chi connectivity index (χ3v) is 2.44. The van der Waals surface area contributed by atoms with Gasteiger partial charge in [-0.2, -0.15) is 5.10 Å². The second-order valence-corrected chi connectivity index (χ2v) is 3.65. The maximum Gasteiger partial charge on any atom is 0.271 e. The molecule has 0 saturated carbocycles. The molecule has 0 fully saturated rings. The third-order valence-electron chi connectivity index (χ3n) is 2.44. The highest BCUT2D eigenvalue weighted by Crippen LogP contribution is 2.16. The van der Waals surface area contributed by atoms with Crippen LogP contribution in [0.15, 0.2) is 30.6 Å². The van der Waals surface area contributed by atoms with E-state index in [1.807, 2.05) is 6.92 Å². The topological polar surface area (TPSA) is 85.9 Å². The zero-order chi connectivity index (χ0) is 13.0. The molecular weight excluding hydrogens is 234 g/mol. The number of rotatable bonds is 5. The normalized spacial score (nSPS) is 10.5. The van der Waals surface area contributed by atoms with Crippen LogP contribution in [0.5, 0.6) is 0 Å². The van der Waals surface area contributed by atoms with Gasteiger partial charge in [0.15, 0.2) is 0 Å². The van der Waals surface area contributed by atoms with E-state index in [4.69, 9.17) is 0 Å². The van der Waals surface area contributed by atoms with Gasteiger partial charge in [0.1, 0.15) is 12.2 Å². The lowest BCUT2D eigenvalue weighted by Crippen LogP contribution is -2.16. The number of nitro groups is 1. The molecule has 0 bridgehead atoms. The van der Waals surface area contributed by atoms with Crippen molar-refractivity contribution in [2.75, 3.05) is 6.54 Å². The quantitative estimate of drug-likeness (QED) is 0.635. The highest BCUT2D eigenvalue weighted by atomic mass is 16.6. The van der Waals surface area contributed by atoms with Crippen molar-refractivity contribution < 1.29 is 4.92 Å². The van der Waals surface area contributed by atoms with Crippen molar-refractivity contribution in [1.29, 1.82) is 0 Å². The Morgan fingerprint density at radius 1 is 1.50 bits per heavy atom. The van der Waals surface area contributed by atoms with Crippen LogP contribution in [0.3, 0.4) is 0 Å². The summed E-state index contributed by atoms with van der Waals surface area (Å²) in [6.45, 7) is 3.38. The van der Waals surface area contributed by atoms with Crippen molar-refractivity contribution in [3.8, 4) is 5.69 Å². The van der Waals surface area contributed by atoms with Gasteiger partial charge < -0.3 is 5.32 Å². The van der Waals surface area contributed by atoms with E-state index in [2.05, 4.69) is 15.4 Å². The Kier molecular flexibility index (Phi) is 3.63. The standard InChI is InChI=1S/C11H13N5O2/c1-2-12-7-11-13-8-14-15(11)9-4-3-5-10(6-9)16(17)18/h3-6,8,12H,2,7H2,1H3. The molecule has 2 rings (SSSR count). The number of hydrogen-bond acceptors (Lipinski definition) is 5. The van der Waals surface area contributed by atoms with E-state index < -0.39 is 4.92 Å². The summed E-state index contributed by atoms with van der Waals surface area (Å²) in [5.41, 5.74) is 0.673. The fourth-order valence-electron chi connectivity index (χ4n) is 1.58. The van der Waals surface area contributed by atoms with Gasteiger partial charge >= 0.3 is 0 Å². The number of benzene rings is 1. The van der Waals surface area contributed by atoms with Crippen molar-refractivity contribution in [3.63, 3.8) is 0 Å². The molecule has 2 aromatic rings. The van der Waals surface area contributed by atoms with Crippen molar-refractivity contribution >= 4 is 5.69 Å². The number of nitro benzene ring substituents is 1. The van der Waals surface area contributed by atoms with E-state index in [0.29, 0.717) is 12.2 Å². The Morgan fingerprint density at radius 2 is 2.33 bits per heavy atom. The summed E-state index contributed by atoms with van der Waals surface area (Å²) in [5.74, 6) is 0.720. The molecule has 0 spiro atoms. The van der Waals surface area contributed by atoms with Gasteiger partial charge in [-0.3, -0.25) is 10.1 Å². The number of non-ortho nitro benzene ring substituents is 1. The Balaban J connectivity index is 2.33. The lowest BCUT2D eigenvalue weighted by molar-refractivity contribution is -0.384. The molecule has 94 valence electrons. The van der Waals surface area contributed by atoms with Gasteiger partial charge in [-0.05, 0) is 12.6 Å². The SMILES string of the molecule is CCNCc1ncnn1-c1cccc([N+](=O)[O-])c1. The van der Waals surface area contributed by atoms with Crippen LogP contribution in [-0.2, 0) is 6.54 Å². The number of nitrogens with zero attached hydrogens (tertiary/aromatic N) is 4. The third kappa shape index (κ3) is 2.51. The minimum absolute atomic E-state index is 0.0393. The van der Waals surface area contributed by atoms with E-state index in [0.717, 1.165) is 12.4 Å². The second-order valence-electron chi connectivity index (χ2n) is 3.65. The van der Waals surface area contributed by atoms with Crippen LogP contribution in [0.25, 0.3) is 5.69 Å². The Labute approximate surface area is 104 Å². The van der Waals surface area contributed by atoms with E-state index in [-0.39, 0.29) is 5.69 Å². The van der Waals surface area contributed by atoms with Gasteiger partial charge in [-0.15, -0.1) is 0 Å². The molecular formula is C11H13N5O2. The maximum atomic E-state index is 10.7. The van der Waals surface area contributed by atoms with E-state index in [1.165, 1.54) is 18.5 Å². The van der Waals surface area contributed by atoms with Crippen LogP contribution in [0.2, 0.25) is 0 Å². The van der Waals surface area contributed by atoms with Crippen molar-refractivity contribution in [2.45, 2.75) is 13.5 Å². The average molecular weight is 247 g/mol. The van der Waals surface area contributed by atoms with E-state index >= 15 is 0 Å². The number of aromatic nitrogens is 3. The molecule has 1 aromatic heterocycles. The fourth-order valence-corrected chi connectivity index (χ4v) is 1.58. The first kappa shape index (κ1) is 12.2. The van der Waals surface area contributed by atoms with Gasteiger partial charge in [0.05, 0.1) is 17.2 Å². The predicted molar refractivity (Wildman–Crippen MR) is 65.4 cm³/mol. The summed E-state index contributed by atoms with van der Waals surface area (Å²) < 4.78 is 1.59.